The summed E-state index contributed by atoms with van der Waals surface area (Å²) in [6.45, 7) is 0.928. The van der Waals surface area contributed by atoms with E-state index >= 15 is 0 Å². The Morgan fingerprint density at radius 1 is 1.50 bits per heavy atom. The van der Waals surface area contributed by atoms with Crippen LogP contribution in [0, 0.1) is 0 Å². The predicted octanol–water partition coefficient (Wildman–Crippen LogP) is 0.732. The van der Waals surface area contributed by atoms with Crippen LogP contribution < -0.4 is 0 Å². The normalized spacial score (nSPS) is 22.0. The van der Waals surface area contributed by atoms with Gasteiger partial charge in [0.15, 0.2) is 6.34 Å². The highest BCUT2D eigenvalue weighted by molar-refractivity contribution is 6.19. The molecular weight excluding hydrogens is 149 g/mol. The summed E-state index contributed by atoms with van der Waals surface area (Å²) in [4.78, 5) is 3.68. The van der Waals surface area contributed by atoms with Crippen molar-refractivity contribution < 1.29 is 0 Å². The summed E-state index contributed by atoms with van der Waals surface area (Å²) in [7, 11) is 0. The van der Waals surface area contributed by atoms with Crippen LogP contribution in [0.15, 0.2) is 4.99 Å². The summed E-state index contributed by atoms with van der Waals surface area (Å²) in [5.74, 6) is 0. The van der Waals surface area contributed by atoms with Gasteiger partial charge in [-0.25, -0.2) is 4.99 Å². The number of hydrogen-bond acceptors (Lipinski definition) is 3. The molecule has 0 saturated heterocycles. The van der Waals surface area contributed by atoms with Crippen LogP contribution in [0.3, 0.4) is 0 Å². The zero-order chi connectivity index (χ0) is 5.98. The van der Waals surface area contributed by atoms with Gasteiger partial charge >= 0.3 is 0 Å². The van der Waals surface area contributed by atoms with Gasteiger partial charge in [0.2, 0.25) is 0 Å². The molecule has 0 atom stereocenters. The Kier molecular flexibility index (Phi) is 1.94. The van der Waals surface area contributed by atoms with Crippen molar-refractivity contribution in [2.75, 3.05) is 13.3 Å². The fourth-order valence-corrected chi connectivity index (χ4v) is 0.794. The monoisotopic (exact) mass is 152 g/mol. The third kappa shape index (κ3) is 1.51. The second-order valence-corrected chi connectivity index (χ2v) is 2.25. The molecule has 0 aliphatic carbocycles. The van der Waals surface area contributed by atoms with Gasteiger partial charge in [0.25, 0.3) is 0 Å². The predicted molar refractivity (Wildman–Crippen MR) is 32.6 cm³/mol. The van der Waals surface area contributed by atoms with Gasteiger partial charge in [0.1, 0.15) is 13.3 Å². The number of rotatable bonds is 0. The molecule has 0 unspecified atom stereocenters. The lowest BCUT2D eigenvalue weighted by molar-refractivity contribution is 0.370. The Balaban J connectivity index is 2.42. The minimum absolute atomic E-state index is 0.463. The topological polar surface area (TPSA) is 18.8 Å². The highest BCUT2D eigenvalue weighted by Crippen LogP contribution is 2.03. The number of halogens is 2. The van der Waals surface area contributed by atoms with Crippen molar-refractivity contribution in [3.05, 3.63) is 0 Å². The van der Waals surface area contributed by atoms with Gasteiger partial charge in [-0.05, 0) is 11.8 Å². The van der Waals surface area contributed by atoms with Crippen molar-refractivity contribution in [1.82, 2.24) is 8.84 Å². The highest BCUT2D eigenvalue weighted by atomic mass is 35.5. The van der Waals surface area contributed by atoms with Crippen LogP contribution in [0.1, 0.15) is 0 Å². The van der Waals surface area contributed by atoms with Gasteiger partial charge in [-0.3, -0.25) is 4.42 Å². The Bertz CT molecular complexity index is 105. The molecular formula is C3H4Cl2N3. The zero-order valence-corrected chi connectivity index (χ0v) is 5.52. The largest absolute Gasteiger partial charge is 0.250 e. The van der Waals surface area contributed by atoms with Gasteiger partial charge in [-0.1, -0.05) is 0 Å². The third-order valence-corrected chi connectivity index (χ3v) is 1.08. The van der Waals surface area contributed by atoms with Crippen LogP contribution in [0.5, 0.6) is 0 Å². The molecule has 0 amide bonds. The van der Waals surface area contributed by atoms with E-state index < -0.39 is 0 Å². The molecule has 1 aliphatic heterocycles. The van der Waals surface area contributed by atoms with E-state index in [0.29, 0.717) is 13.3 Å². The smallest absolute Gasteiger partial charge is 0.185 e. The fraction of sp³-hybridized carbons (Fsp3) is 0.667. The third-order valence-electron chi connectivity index (χ3n) is 0.681. The van der Waals surface area contributed by atoms with Gasteiger partial charge in [-0.2, -0.15) is 4.42 Å². The maximum atomic E-state index is 5.48. The second kappa shape index (κ2) is 2.53. The van der Waals surface area contributed by atoms with Crippen LogP contribution in [0.25, 0.3) is 0 Å². The van der Waals surface area contributed by atoms with E-state index in [1.807, 2.05) is 0 Å². The van der Waals surface area contributed by atoms with Gasteiger partial charge in [0.05, 0.1) is 0 Å². The van der Waals surface area contributed by atoms with Gasteiger partial charge < -0.3 is 0 Å². The summed E-state index contributed by atoms with van der Waals surface area (Å²) >= 11 is 10.9. The van der Waals surface area contributed by atoms with E-state index in [2.05, 4.69) is 11.3 Å². The van der Waals surface area contributed by atoms with E-state index in [9.17, 15) is 0 Å². The van der Waals surface area contributed by atoms with Crippen LogP contribution >= 0.6 is 23.6 Å². The van der Waals surface area contributed by atoms with E-state index in [0.717, 1.165) is 0 Å². The molecule has 5 heteroatoms. The second-order valence-electron chi connectivity index (χ2n) is 1.37. The molecule has 0 aromatic carbocycles. The molecule has 1 aliphatic rings. The zero-order valence-electron chi connectivity index (χ0n) is 4.01. The SMILES string of the molecule is ClN1[C]=NCN(Cl)C1. The van der Waals surface area contributed by atoms with Crippen molar-refractivity contribution >= 4 is 29.9 Å². The molecule has 8 heavy (non-hydrogen) atoms. The van der Waals surface area contributed by atoms with Crippen LogP contribution in [0.4, 0.5) is 0 Å². The first-order valence-corrected chi connectivity index (χ1v) is 2.73. The van der Waals surface area contributed by atoms with E-state index in [1.54, 1.807) is 0 Å². The summed E-state index contributed by atoms with van der Waals surface area (Å²) < 4.78 is 2.71. The number of aliphatic imine (C=N–C) groups is 1. The maximum Gasteiger partial charge on any atom is 0.185 e. The molecule has 1 rings (SSSR count). The van der Waals surface area contributed by atoms with E-state index in [1.165, 1.54) is 8.84 Å². The Morgan fingerprint density at radius 2 is 2.25 bits per heavy atom. The molecule has 0 spiro atoms. The Labute approximate surface area is 57.7 Å². The Hall–Kier alpha value is 0.01000. The first kappa shape index (κ1) is 6.13. The molecule has 0 aromatic rings. The molecule has 0 saturated carbocycles. The van der Waals surface area contributed by atoms with Crippen molar-refractivity contribution in [3.8, 4) is 0 Å². The molecule has 0 aromatic heterocycles. The molecule has 1 radical (unpaired) electrons. The number of hydrogen-bond donors (Lipinski definition) is 0. The van der Waals surface area contributed by atoms with Gasteiger partial charge in [-0.15, -0.1) is 0 Å². The Morgan fingerprint density at radius 3 is 2.62 bits per heavy atom. The minimum atomic E-state index is 0.463. The average Bonchev–Trinajstić information content (AvgIpc) is 1.64. The van der Waals surface area contributed by atoms with Crippen molar-refractivity contribution in [2.24, 2.45) is 4.99 Å². The van der Waals surface area contributed by atoms with Crippen LogP contribution in [-0.2, 0) is 0 Å². The molecule has 0 N–H and O–H groups in total. The van der Waals surface area contributed by atoms with Crippen molar-refractivity contribution in [2.45, 2.75) is 0 Å². The first-order valence-electron chi connectivity index (χ1n) is 2.05. The fourth-order valence-electron chi connectivity index (χ4n) is 0.396. The first-order chi connectivity index (χ1) is 3.79. The lowest BCUT2D eigenvalue weighted by Gasteiger charge is -2.18. The summed E-state index contributed by atoms with van der Waals surface area (Å²) in [5, 5.41) is 0. The van der Waals surface area contributed by atoms with Crippen molar-refractivity contribution in [3.63, 3.8) is 0 Å². The average molecular weight is 153 g/mol. The number of nitrogens with zero attached hydrogens (tertiary/aromatic N) is 3. The molecule has 3 nitrogen and oxygen atoms in total. The molecule has 1 heterocycles. The quantitative estimate of drug-likeness (QED) is 0.477. The minimum Gasteiger partial charge on any atom is -0.250 e. The lowest BCUT2D eigenvalue weighted by atomic mass is 10.8. The molecule has 0 fully saturated rings. The highest BCUT2D eigenvalue weighted by Gasteiger charge is 2.07. The van der Waals surface area contributed by atoms with Gasteiger partial charge in [0, 0.05) is 11.8 Å². The van der Waals surface area contributed by atoms with E-state index in [-0.39, 0.29) is 0 Å². The summed E-state index contributed by atoms with van der Waals surface area (Å²) in [6.07, 6.45) is 2.51. The molecule has 0 bridgehead atoms. The summed E-state index contributed by atoms with van der Waals surface area (Å²) in [5.41, 5.74) is 0. The van der Waals surface area contributed by atoms with Crippen molar-refractivity contribution in [1.29, 1.82) is 0 Å². The maximum absolute atomic E-state index is 5.48. The standard InChI is InChI=1S/C3H4Cl2N3/c4-7-1-6-2-8(5)3-7/h1,3H2. The summed E-state index contributed by atoms with van der Waals surface area (Å²) in [6, 6.07) is 0. The van der Waals surface area contributed by atoms with E-state index in [4.69, 9.17) is 23.6 Å². The lowest BCUT2D eigenvalue weighted by Crippen LogP contribution is -2.29. The molecule has 45 valence electrons. The van der Waals surface area contributed by atoms with Crippen LogP contribution in [0.2, 0.25) is 0 Å². The van der Waals surface area contributed by atoms with Crippen LogP contribution in [-0.4, -0.2) is 28.5 Å².